The van der Waals surface area contributed by atoms with Gasteiger partial charge in [0.2, 0.25) is 0 Å². The normalized spacial score (nSPS) is 11.7. The van der Waals surface area contributed by atoms with Gasteiger partial charge in [0.1, 0.15) is 5.75 Å². The van der Waals surface area contributed by atoms with Crippen LogP contribution in [0.1, 0.15) is 40.2 Å². The standard InChI is InChI=1S/C19H24O/c1-14(2)20-18-11-7-9-16(13-18)15-8-6-10-17(12-15)19(3,4)5/h6-14H,1-5H3. The third-order valence-electron chi connectivity index (χ3n) is 3.27. The summed E-state index contributed by atoms with van der Waals surface area (Å²) < 4.78 is 5.77. The molecule has 0 heterocycles. The molecule has 2 rings (SSSR count). The summed E-state index contributed by atoms with van der Waals surface area (Å²) in [5.74, 6) is 0.929. The van der Waals surface area contributed by atoms with E-state index in [-0.39, 0.29) is 11.5 Å². The van der Waals surface area contributed by atoms with Gasteiger partial charge in [-0.25, -0.2) is 0 Å². The third kappa shape index (κ3) is 3.63. The van der Waals surface area contributed by atoms with E-state index in [2.05, 4.69) is 63.2 Å². The average Bonchev–Trinajstić information content (AvgIpc) is 2.37. The molecule has 106 valence electrons. The van der Waals surface area contributed by atoms with Gasteiger partial charge in [0.25, 0.3) is 0 Å². The van der Waals surface area contributed by atoms with Crippen LogP contribution in [0.2, 0.25) is 0 Å². The fraction of sp³-hybridized carbons (Fsp3) is 0.368. The number of hydrogen-bond donors (Lipinski definition) is 0. The zero-order chi connectivity index (χ0) is 14.8. The highest BCUT2D eigenvalue weighted by Crippen LogP contribution is 2.29. The summed E-state index contributed by atoms with van der Waals surface area (Å²) in [6.45, 7) is 10.8. The molecule has 0 atom stereocenters. The van der Waals surface area contributed by atoms with E-state index in [1.165, 1.54) is 16.7 Å². The lowest BCUT2D eigenvalue weighted by atomic mass is 9.85. The largest absolute Gasteiger partial charge is 0.491 e. The van der Waals surface area contributed by atoms with Crippen LogP contribution in [0, 0.1) is 0 Å². The topological polar surface area (TPSA) is 9.23 Å². The minimum atomic E-state index is 0.169. The van der Waals surface area contributed by atoms with Gasteiger partial charge in [-0.1, -0.05) is 57.2 Å². The Bertz CT molecular complexity index is 576. The molecule has 0 fully saturated rings. The molecule has 0 radical (unpaired) electrons. The Balaban J connectivity index is 2.36. The molecule has 2 aromatic rings. The summed E-state index contributed by atoms with van der Waals surface area (Å²) in [5, 5.41) is 0. The molecule has 0 amide bonds. The zero-order valence-electron chi connectivity index (χ0n) is 13.1. The quantitative estimate of drug-likeness (QED) is 0.720. The molecule has 0 aliphatic carbocycles. The van der Waals surface area contributed by atoms with Crippen molar-refractivity contribution in [3.05, 3.63) is 54.1 Å². The molecular formula is C19H24O. The summed E-state index contributed by atoms with van der Waals surface area (Å²) in [7, 11) is 0. The molecule has 0 aliphatic heterocycles. The lowest BCUT2D eigenvalue weighted by molar-refractivity contribution is 0.242. The maximum Gasteiger partial charge on any atom is 0.120 e. The van der Waals surface area contributed by atoms with Crippen LogP contribution in [0.4, 0.5) is 0 Å². The van der Waals surface area contributed by atoms with Gasteiger partial charge in [0.15, 0.2) is 0 Å². The van der Waals surface area contributed by atoms with Crippen molar-refractivity contribution in [2.45, 2.75) is 46.1 Å². The summed E-state index contributed by atoms with van der Waals surface area (Å²) in [6.07, 6.45) is 0.200. The van der Waals surface area contributed by atoms with Crippen molar-refractivity contribution in [3.63, 3.8) is 0 Å². The molecule has 0 saturated heterocycles. The van der Waals surface area contributed by atoms with Gasteiger partial charge in [-0.15, -0.1) is 0 Å². The first-order valence-electron chi connectivity index (χ1n) is 7.24. The minimum Gasteiger partial charge on any atom is -0.491 e. The Morgan fingerprint density at radius 1 is 0.850 bits per heavy atom. The summed E-state index contributed by atoms with van der Waals surface area (Å²) in [5.41, 5.74) is 3.97. The van der Waals surface area contributed by atoms with Crippen LogP contribution in [0.15, 0.2) is 48.5 Å². The Hall–Kier alpha value is -1.76. The van der Waals surface area contributed by atoms with Gasteiger partial charge in [-0.3, -0.25) is 0 Å². The van der Waals surface area contributed by atoms with Crippen LogP contribution in [0.5, 0.6) is 5.75 Å². The van der Waals surface area contributed by atoms with Gasteiger partial charge in [-0.05, 0) is 48.1 Å². The van der Waals surface area contributed by atoms with Crippen LogP contribution in [0.3, 0.4) is 0 Å². The highest BCUT2D eigenvalue weighted by Gasteiger charge is 2.14. The fourth-order valence-corrected chi connectivity index (χ4v) is 2.19. The predicted molar refractivity (Wildman–Crippen MR) is 86.3 cm³/mol. The molecule has 2 aromatic carbocycles. The molecular weight excluding hydrogens is 244 g/mol. The molecule has 0 spiro atoms. The van der Waals surface area contributed by atoms with E-state index >= 15 is 0 Å². The van der Waals surface area contributed by atoms with Crippen LogP contribution in [-0.2, 0) is 5.41 Å². The van der Waals surface area contributed by atoms with Gasteiger partial charge < -0.3 is 4.74 Å². The summed E-state index contributed by atoms with van der Waals surface area (Å²) in [4.78, 5) is 0. The Morgan fingerprint density at radius 2 is 1.45 bits per heavy atom. The monoisotopic (exact) mass is 268 g/mol. The highest BCUT2D eigenvalue weighted by molar-refractivity contribution is 5.66. The SMILES string of the molecule is CC(C)Oc1cccc(-c2cccc(C(C)(C)C)c2)c1. The molecule has 20 heavy (non-hydrogen) atoms. The highest BCUT2D eigenvalue weighted by atomic mass is 16.5. The van der Waals surface area contributed by atoms with Gasteiger partial charge >= 0.3 is 0 Å². The number of hydrogen-bond acceptors (Lipinski definition) is 1. The molecule has 0 aromatic heterocycles. The van der Waals surface area contributed by atoms with Crippen molar-refractivity contribution in [2.75, 3.05) is 0 Å². The summed E-state index contributed by atoms with van der Waals surface area (Å²) >= 11 is 0. The predicted octanol–water partition coefficient (Wildman–Crippen LogP) is 5.44. The first kappa shape index (κ1) is 14.6. The van der Waals surface area contributed by atoms with Gasteiger partial charge in [0, 0.05) is 0 Å². The van der Waals surface area contributed by atoms with Crippen molar-refractivity contribution in [2.24, 2.45) is 0 Å². The Morgan fingerprint density at radius 3 is 2.05 bits per heavy atom. The molecule has 0 aliphatic rings. The van der Waals surface area contributed by atoms with E-state index in [1.54, 1.807) is 0 Å². The van der Waals surface area contributed by atoms with E-state index in [1.807, 2.05) is 19.9 Å². The molecule has 0 bridgehead atoms. The molecule has 0 saturated carbocycles. The van der Waals surface area contributed by atoms with Gasteiger partial charge in [-0.2, -0.15) is 0 Å². The maximum atomic E-state index is 5.77. The van der Waals surface area contributed by atoms with E-state index in [0.29, 0.717) is 0 Å². The van der Waals surface area contributed by atoms with Crippen LogP contribution >= 0.6 is 0 Å². The van der Waals surface area contributed by atoms with Crippen molar-refractivity contribution < 1.29 is 4.74 Å². The van der Waals surface area contributed by atoms with Crippen LogP contribution < -0.4 is 4.74 Å². The van der Waals surface area contributed by atoms with Crippen LogP contribution in [0.25, 0.3) is 11.1 Å². The van der Waals surface area contributed by atoms with E-state index < -0.39 is 0 Å². The van der Waals surface area contributed by atoms with Crippen molar-refractivity contribution in [1.29, 1.82) is 0 Å². The molecule has 0 N–H and O–H groups in total. The second-order valence-corrected chi connectivity index (χ2v) is 6.53. The van der Waals surface area contributed by atoms with Crippen molar-refractivity contribution in [3.8, 4) is 16.9 Å². The van der Waals surface area contributed by atoms with E-state index in [4.69, 9.17) is 4.74 Å². The van der Waals surface area contributed by atoms with E-state index in [9.17, 15) is 0 Å². The van der Waals surface area contributed by atoms with Gasteiger partial charge in [0.05, 0.1) is 6.10 Å². The lowest BCUT2D eigenvalue weighted by Gasteiger charge is -2.20. The Kier molecular flexibility index (Phi) is 4.17. The zero-order valence-corrected chi connectivity index (χ0v) is 13.1. The molecule has 0 unspecified atom stereocenters. The fourth-order valence-electron chi connectivity index (χ4n) is 2.19. The van der Waals surface area contributed by atoms with Crippen molar-refractivity contribution in [1.82, 2.24) is 0 Å². The second-order valence-electron chi connectivity index (χ2n) is 6.53. The lowest BCUT2D eigenvalue weighted by Crippen LogP contribution is -2.10. The first-order chi connectivity index (χ1) is 9.36. The minimum absolute atomic E-state index is 0.169. The second kappa shape index (κ2) is 5.70. The van der Waals surface area contributed by atoms with E-state index in [0.717, 1.165) is 5.75 Å². The molecule has 1 heteroatoms. The first-order valence-corrected chi connectivity index (χ1v) is 7.24. The number of benzene rings is 2. The van der Waals surface area contributed by atoms with Crippen LogP contribution in [-0.4, -0.2) is 6.10 Å². The number of ether oxygens (including phenoxy) is 1. The molecule has 1 nitrogen and oxygen atoms in total. The maximum absolute atomic E-state index is 5.77. The summed E-state index contributed by atoms with van der Waals surface area (Å²) in [6, 6.07) is 17.1. The third-order valence-corrected chi connectivity index (χ3v) is 3.27. The average molecular weight is 268 g/mol. The number of rotatable bonds is 3. The Labute approximate surface area is 122 Å². The smallest absolute Gasteiger partial charge is 0.120 e. The van der Waals surface area contributed by atoms with Crippen molar-refractivity contribution >= 4 is 0 Å².